The van der Waals surface area contributed by atoms with Crippen molar-refractivity contribution in [3.8, 4) is 5.88 Å². The molecule has 29 heavy (non-hydrogen) atoms. The number of ether oxygens (including phenoxy) is 1. The molecule has 1 aromatic heterocycles. The Labute approximate surface area is 175 Å². The third-order valence-corrected chi connectivity index (χ3v) is 4.97. The first kappa shape index (κ1) is 23.0. The van der Waals surface area contributed by atoms with Gasteiger partial charge in [-0.3, -0.25) is 4.79 Å². The molecule has 2 rings (SSSR count). The van der Waals surface area contributed by atoms with E-state index in [2.05, 4.69) is 22.5 Å². The Morgan fingerprint density at radius 3 is 2.59 bits per heavy atom. The van der Waals surface area contributed by atoms with Gasteiger partial charge in [-0.25, -0.2) is 9.98 Å². The average Bonchev–Trinajstić information content (AvgIpc) is 2.65. The fourth-order valence-electron chi connectivity index (χ4n) is 3.23. The number of aromatic nitrogens is 1. The molecule has 1 fully saturated rings. The molecule has 0 aromatic carbocycles. The van der Waals surface area contributed by atoms with Gasteiger partial charge < -0.3 is 20.3 Å². The molecule has 2 atom stereocenters. The highest BCUT2D eigenvalue weighted by molar-refractivity contribution is 5.86. The van der Waals surface area contributed by atoms with Crippen molar-refractivity contribution in [1.82, 2.24) is 20.5 Å². The molecule has 0 bridgehead atoms. The van der Waals surface area contributed by atoms with E-state index in [1.807, 2.05) is 32.9 Å². The number of rotatable bonds is 6. The fraction of sp³-hybridized carbons (Fsp3) is 0.682. The summed E-state index contributed by atoms with van der Waals surface area (Å²) in [6.45, 7) is 8.97. The Hall–Kier alpha value is -2.31. The molecular formula is C22H37N5O2. The average molecular weight is 404 g/mol. The van der Waals surface area contributed by atoms with E-state index in [1.165, 1.54) is 19.3 Å². The zero-order valence-corrected chi connectivity index (χ0v) is 18.8. The van der Waals surface area contributed by atoms with E-state index in [-0.39, 0.29) is 18.1 Å². The molecule has 0 saturated heterocycles. The number of carbonyl (C=O) groups excluding carboxylic acids is 1. The van der Waals surface area contributed by atoms with Gasteiger partial charge in [0.05, 0.1) is 13.1 Å². The number of carbonyl (C=O) groups is 1. The maximum absolute atomic E-state index is 12.0. The first-order valence-electron chi connectivity index (χ1n) is 10.5. The van der Waals surface area contributed by atoms with Crippen LogP contribution in [0.5, 0.6) is 5.88 Å². The molecule has 1 saturated carbocycles. The second-order valence-electron chi connectivity index (χ2n) is 9.04. The van der Waals surface area contributed by atoms with E-state index in [4.69, 9.17) is 9.73 Å². The maximum Gasteiger partial charge on any atom is 0.241 e. The van der Waals surface area contributed by atoms with Gasteiger partial charge >= 0.3 is 0 Å². The molecule has 7 nitrogen and oxygen atoms in total. The lowest BCUT2D eigenvalue weighted by molar-refractivity contribution is -0.127. The lowest BCUT2D eigenvalue weighted by Crippen LogP contribution is -2.49. The maximum atomic E-state index is 12.0. The van der Waals surface area contributed by atoms with Gasteiger partial charge in [-0.05, 0) is 45.1 Å². The number of hydrogen-bond acceptors (Lipinski definition) is 4. The van der Waals surface area contributed by atoms with Gasteiger partial charge in [0.25, 0.3) is 0 Å². The van der Waals surface area contributed by atoms with Crippen LogP contribution in [0.2, 0.25) is 0 Å². The summed E-state index contributed by atoms with van der Waals surface area (Å²) < 4.78 is 5.77. The highest BCUT2D eigenvalue weighted by atomic mass is 16.5. The van der Waals surface area contributed by atoms with Crippen molar-refractivity contribution < 1.29 is 9.53 Å². The van der Waals surface area contributed by atoms with E-state index < -0.39 is 0 Å². The number of pyridine rings is 1. The summed E-state index contributed by atoms with van der Waals surface area (Å²) in [4.78, 5) is 22.6. The molecule has 7 heteroatoms. The minimum atomic E-state index is -0.274. The Balaban J connectivity index is 2.03. The van der Waals surface area contributed by atoms with E-state index in [0.717, 1.165) is 12.0 Å². The number of amides is 1. The highest BCUT2D eigenvalue weighted by Gasteiger charge is 2.22. The van der Waals surface area contributed by atoms with Crippen LogP contribution in [0.15, 0.2) is 23.3 Å². The first-order chi connectivity index (χ1) is 13.6. The Morgan fingerprint density at radius 1 is 1.28 bits per heavy atom. The van der Waals surface area contributed by atoms with E-state index in [1.54, 1.807) is 25.2 Å². The molecule has 162 valence electrons. The summed E-state index contributed by atoms with van der Waals surface area (Å²) >= 11 is 0. The first-order valence-corrected chi connectivity index (χ1v) is 10.5. The van der Waals surface area contributed by atoms with Crippen LogP contribution in [-0.2, 0) is 11.3 Å². The molecule has 2 unspecified atom stereocenters. The smallest absolute Gasteiger partial charge is 0.241 e. The zero-order chi connectivity index (χ0) is 21.4. The second kappa shape index (κ2) is 10.5. The van der Waals surface area contributed by atoms with Crippen LogP contribution in [0.25, 0.3) is 0 Å². The third kappa shape index (κ3) is 8.30. The Kier molecular flexibility index (Phi) is 8.29. The van der Waals surface area contributed by atoms with E-state index >= 15 is 0 Å². The van der Waals surface area contributed by atoms with Gasteiger partial charge in [-0.1, -0.05) is 25.8 Å². The van der Waals surface area contributed by atoms with Gasteiger partial charge in [0.1, 0.15) is 5.60 Å². The van der Waals surface area contributed by atoms with Crippen LogP contribution in [0.3, 0.4) is 0 Å². The van der Waals surface area contributed by atoms with Gasteiger partial charge in [0.15, 0.2) is 5.96 Å². The number of hydrogen-bond donors (Lipinski definition) is 2. The zero-order valence-electron chi connectivity index (χ0n) is 18.8. The Bertz CT molecular complexity index is 679. The van der Waals surface area contributed by atoms with Crippen LogP contribution in [-0.4, -0.2) is 54.0 Å². The molecule has 2 N–H and O–H groups in total. The lowest BCUT2D eigenvalue weighted by atomic mass is 9.86. The quantitative estimate of drug-likeness (QED) is 0.564. The second-order valence-corrected chi connectivity index (χ2v) is 9.04. The van der Waals surface area contributed by atoms with Gasteiger partial charge in [0, 0.05) is 32.4 Å². The SMILES string of the molecule is CC1CCCCC1NC(=NCc1ccc(OC(C)(C)C)nc1)NCC(=O)N(C)C. The molecule has 0 spiro atoms. The van der Waals surface area contributed by atoms with Gasteiger partial charge in [-0.2, -0.15) is 0 Å². The Morgan fingerprint density at radius 2 is 2.00 bits per heavy atom. The van der Waals surface area contributed by atoms with Crippen LogP contribution >= 0.6 is 0 Å². The third-order valence-electron chi connectivity index (χ3n) is 4.97. The van der Waals surface area contributed by atoms with Gasteiger partial charge in [0.2, 0.25) is 11.8 Å². The minimum Gasteiger partial charge on any atom is -0.472 e. The summed E-state index contributed by atoms with van der Waals surface area (Å²) in [5.74, 6) is 1.89. The summed E-state index contributed by atoms with van der Waals surface area (Å²) in [6.07, 6.45) is 6.65. The molecule has 1 amide bonds. The van der Waals surface area contributed by atoms with Crippen LogP contribution in [0, 0.1) is 5.92 Å². The largest absolute Gasteiger partial charge is 0.472 e. The molecule has 1 aliphatic rings. The summed E-state index contributed by atoms with van der Waals surface area (Å²) in [6, 6.07) is 4.23. The molecule has 0 aliphatic heterocycles. The van der Waals surface area contributed by atoms with Crippen molar-refractivity contribution in [1.29, 1.82) is 0 Å². The molecule has 1 aromatic rings. The predicted octanol–water partition coefficient (Wildman–Crippen LogP) is 2.96. The van der Waals surface area contributed by atoms with Crippen molar-refractivity contribution in [2.45, 2.75) is 71.6 Å². The highest BCUT2D eigenvalue weighted by Crippen LogP contribution is 2.23. The van der Waals surface area contributed by atoms with Crippen molar-refractivity contribution in [2.75, 3.05) is 20.6 Å². The number of likely N-dealkylation sites (N-methyl/N-ethyl adjacent to an activating group) is 1. The minimum absolute atomic E-state index is 0.0153. The van der Waals surface area contributed by atoms with Crippen molar-refractivity contribution >= 4 is 11.9 Å². The van der Waals surface area contributed by atoms with Crippen molar-refractivity contribution in [2.24, 2.45) is 10.9 Å². The molecule has 1 heterocycles. The van der Waals surface area contributed by atoms with Crippen molar-refractivity contribution in [3.05, 3.63) is 23.9 Å². The van der Waals surface area contributed by atoms with E-state index in [0.29, 0.717) is 30.3 Å². The molecule has 1 aliphatic carbocycles. The summed E-state index contributed by atoms with van der Waals surface area (Å²) in [5.41, 5.74) is 0.714. The fourth-order valence-corrected chi connectivity index (χ4v) is 3.23. The standard InChI is InChI=1S/C22H37N5O2/c1-16-9-7-8-10-18(16)26-21(25-15-20(28)27(5)6)24-14-17-11-12-19(23-13-17)29-22(2,3)4/h11-13,16,18H,7-10,14-15H2,1-6H3,(H2,24,25,26). The van der Waals surface area contributed by atoms with Gasteiger partial charge in [-0.15, -0.1) is 0 Å². The molecule has 0 radical (unpaired) electrons. The summed E-state index contributed by atoms with van der Waals surface area (Å²) in [7, 11) is 3.51. The monoisotopic (exact) mass is 403 g/mol. The van der Waals surface area contributed by atoms with Crippen molar-refractivity contribution in [3.63, 3.8) is 0 Å². The number of nitrogens with one attached hydrogen (secondary N) is 2. The lowest BCUT2D eigenvalue weighted by Gasteiger charge is -2.31. The van der Waals surface area contributed by atoms with Crippen LogP contribution in [0.1, 0.15) is 58.9 Å². The van der Waals surface area contributed by atoms with E-state index in [9.17, 15) is 4.79 Å². The number of aliphatic imine (C=N–C) groups is 1. The predicted molar refractivity (Wildman–Crippen MR) is 117 cm³/mol. The number of nitrogens with zero attached hydrogens (tertiary/aromatic N) is 3. The molecular weight excluding hydrogens is 366 g/mol. The van der Waals surface area contributed by atoms with Crippen LogP contribution in [0.4, 0.5) is 0 Å². The number of guanidine groups is 1. The van der Waals surface area contributed by atoms with Crippen LogP contribution < -0.4 is 15.4 Å². The normalized spacial score (nSPS) is 20.1. The summed E-state index contributed by atoms with van der Waals surface area (Å²) in [5, 5.41) is 6.72. The topological polar surface area (TPSA) is 78.9 Å².